The molecule has 0 aliphatic rings. The molecule has 102 valence electrons. The highest BCUT2D eigenvalue weighted by molar-refractivity contribution is 9.10. The minimum absolute atomic E-state index is 0.459. The number of aromatic amines is 1. The summed E-state index contributed by atoms with van der Waals surface area (Å²) in [4.78, 5) is 12.4. The zero-order chi connectivity index (χ0) is 14.4. The van der Waals surface area contributed by atoms with Gasteiger partial charge in [-0.25, -0.2) is 9.97 Å². The molecule has 0 saturated carbocycles. The van der Waals surface area contributed by atoms with Crippen LogP contribution in [0.1, 0.15) is 0 Å². The lowest BCUT2D eigenvalue weighted by atomic mass is 10.2. The first-order valence-corrected chi connectivity index (χ1v) is 7.60. The summed E-state index contributed by atoms with van der Waals surface area (Å²) in [5, 5.41) is 2.41. The first kappa shape index (κ1) is 12.8. The molecule has 0 aliphatic heterocycles. The van der Waals surface area contributed by atoms with Gasteiger partial charge in [0.2, 0.25) is 0 Å². The van der Waals surface area contributed by atoms with E-state index in [1.165, 1.54) is 0 Å². The number of para-hydroxylation sites is 2. The van der Waals surface area contributed by atoms with Crippen molar-refractivity contribution in [1.82, 2.24) is 15.0 Å². The molecule has 3 nitrogen and oxygen atoms in total. The Morgan fingerprint density at radius 3 is 2.43 bits per heavy atom. The number of fused-ring (bicyclic) bond motifs is 2. The first-order chi connectivity index (χ1) is 10.2. The fraction of sp³-hybridized carbons (Fsp3) is 0. The third kappa shape index (κ3) is 2.03. The molecule has 21 heavy (non-hydrogen) atoms. The van der Waals surface area contributed by atoms with Gasteiger partial charge in [-0.3, -0.25) is 0 Å². The predicted octanol–water partition coefficient (Wildman–Crippen LogP) is 5.19. The molecule has 2 aromatic heterocycles. The Morgan fingerprint density at radius 2 is 1.62 bits per heavy atom. The minimum Gasteiger partial charge on any atom is -0.351 e. The molecule has 1 N–H and O–H groups in total. The fourth-order valence-corrected chi connectivity index (χ4v) is 3.27. The van der Waals surface area contributed by atoms with E-state index in [0.29, 0.717) is 11.0 Å². The summed E-state index contributed by atoms with van der Waals surface area (Å²) < 4.78 is 0.949. The monoisotopic (exact) mass is 357 g/mol. The molecule has 0 saturated heterocycles. The van der Waals surface area contributed by atoms with Crippen LogP contribution in [0.25, 0.3) is 33.3 Å². The van der Waals surface area contributed by atoms with Crippen LogP contribution < -0.4 is 0 Å². The molecular weight excluding hydrogens is 350 g/mol. The van der Waals surface area contributed by atoms with E-state index >= 15 is 0 Å². The molecule has 0 radical (unpaired) electrons. The summed E-state index contributed by atoms with van der Waals surface area (Å²) in [5.41, 5.74) is 2.70. The van der Waals surface area contributed by atoms with Gasteiger partial charge in [0.05, 0.1) is 15.7 Å². The van der Waals surface area contributed by atoms with Crippen LogP contribution in [0.5, 0.6) is 0 Å². The smallest absolute Gasteiger partial charge is 0.179 e. The lowest BCUT2D eigenvalue weighted by Gasteiger charge is -2.03. The maximum atomic E-state index is 6.28. The largest absolute Gasteiger partial charge is 0.351 e. The van der Waals surface area contributed by atoms with Gasteiger partial charge in [-0.15, -0.1) is 0 Å². The number of H-pyrrole nitrogens is 1. The molecule has 2 heterocycles. The van der Waals surface area contributed by atoms with Crippen molar-refractivity contribution in [3.63, 3.8) is 0 Å². The number of aromatic nitrogens is 3. The van der Waals surface area contributed by atoms with Crippen LogP contribution in [-0.2, 0) is 0 Å². The Hall–Kier alpha value is -1.91. The number of rotatable bonds is 1. The van der Waals surface area contributed by atoms with E-state index < -0.39 is 0 Å². The molecule has 5 heteroatoms. The fourth-order valence-electron chi connectivity index (χ4n) is 2.41. The van der Waals surface area contributed by atoms with Crippen molar-refractivity contribution < 1.29 is 0 Å². The van der Waals surface area contributed by atoms with Crippen molar-refractivity contribution in [2.24, 2.45) is 0 Å². The predicted molar refractivity (Wildman–Crippen MR) is 89.5 cm³/mol. The number of nitrogens with zero attached hydrogens (tertiary/aromatic N) is 2. The van der Waals surface area contributed by atoms with Gasteiger partial charge in [-0.05, 0) is 34.1 Å². The summed E-state index contributed by atoms with van der Waals surface area (Å²) in [5.74, 6) is 0.585. The summed E-state index contributed by atoms with van der Waals surface area (Å²) in [6, 6.07) is 15.8. The second-order valence-electron chi connectivity index (χ2n) is 4.71. The summed E-state index contributed by atoms with van der Waals surface area (Å²) in [7, 11) is 0. The minimum atomic E-state index is 0.459. The van der Waals surface area contributed by atoms with E-state index in [1.807, 2.05) is 48.5 Å². The Morgan fingerprint density at radius 1 is 0.905 bits per heavy atom. The van der Waals surface area contributed by atoms with Crippen LogP contribution in [0.3, 0.4) is 0 Å². The van der Waals surface area contributed by atoms with E-state index in [1.54, 1.807) is 0 Å². The van der Waals surface area contributed by atoms with Gasteiger partial charge in [0.1, 0.15) is 5.15 Å². The van der Waals surface area contributed by atoms with Crippen LogP contribution in [-0.4, -0.2) is 15.0 Å². The van der Waals surface area contributed by atoms with Gasteiger partial charge in [0, 0.05) is 16.3 Å². The number of hydrogen-bond acceptors (Lipinski definition) is 2. The van der Waals surface area contributed by atoms with E-state index in [4.69, 9.17) is 11.6 Å². The van der Waals surface area contributed by atoms with Crippen LogP contribution in [0.2, 0.25) is 5.15 Å². The second-order valence-corrected chi connectivity index (χ2v) is 5.87. The highest BCUT2D eigenvalue weighted by Gasteiger charge is 2.14. The zero-order valence-electron chi connectivity index (χ0n) is 10.8. The first-order valence-electron chi connectivity index (χ1n) is 6.43. The topological polar surface area (TPSA) is 41.6 Å². The van der Waals surface area contributed by atoms with Gasteiger partial charge >= 0.3 is 0 Å². The van der Waals surface area contributed by atoms with Crippen molar-refractivity contribution in [3.05, 3.63) is 58.2 Å². The van der Waals surface area contributed by atoms with Crippen LogP contribution in [0, 0.1) is 0 Å². The quantitative estimate of drug-likeness (QED) is 0.475. The molecule has 0 aliphatic carbocycles. The Bertz CT molecular complexity index is 978. The van der Waals surface area contributed by atoms with E-state index in [2.05, 4.69) is 30.9 Å². The van der Waals surface area contributed by atoms with Gasteiger partial charge in [-0.2, -0.15) is 0 Å². The van der Waals surface area contributed by atoms with E-state index in [0.717, 1.165) is 32.0 Å². The zero-order valence-corrected chi connectivity index (χ0v) is 13.1. The second kappa shape index (κ2) is 4.83. The van der Waals surface area contributed by atoms with Crippen molar-refractivity contribution >= 4 is 49.3 Å². The molecule has 4 aromatic rings. The number of halogens is 2. The number of hydrogen-bond donors (Lipinski definition) is 1. The summed E-state index contributed by atoms with van der Waals surface area (Å²) >= 11 is 9.91. The summed E-state index contributed by atoms with van der Waals surface area (Å²) in [6.45, 7) is 0. The molecule has 4 rings (SSSR count). The Labute approximate surface area is 134 Å². The molecular formula is C16H9BrClN3. The van der Waals surface area contributed by atoms with Gasteiger partial charge in [-0.1, -0.05) is 41.9 Å². The lowest BCUT2D eigenvalue weighted by molar-refractivity contribution is 1.20. The lowest BCUT2D eigenvalue weighted by Crippen LogP contribution is -1.92. The maximum absolute atomic E-state index is 6.28. The number of benzene rings is 2. The average Bonchev–Trinajstić information content (AvgIpc) is 2.85. The van der Waals surface area contributed by atoms with Gasteiger partial charge in [0.15, 0.2) is 5.82 Å². The van der Waals surface area contributed by atoms with Crippen LogP contribution in [0.4, 0.5) is 0 Å². The molecule has 0 spiro atoms. The van der Waals surface area contributed by atoms with Crippen molar-refractivity contribution in [2.75, 3.05) is 0 Å². The van der Waals surface area contributed by atoms with E-state index in [-0.39, 0.29) is 0 Å². The van der Waals surface area contributed by atoms with Gasteiger partial charge in [0.25, 0.3) is 0 Å². The van der Waals surface area contributed by atoms with Crippen molar-refractivity contribution in [2.45, 2.75) is 0 Å². The molecule has 0 bridgehead atoms. The average molecular weight is 359 g/mol. The standard InChI is InChI=1S/C16H9BrClN3/c17-13-9-5-1-3-7-11(9)19-14(13)16-20-12-8-4-2-6-10(12)15(18)21-16/h1-8,19H. The molecule has 0 amide bonds. The molecule has 0 atom stereocenters. The van der Waals surface area contributed by atoms with E-state index in [9.17, 15) is 0 Å². The highest BCUT2D eigenvalue weighted by Crippen LogP contribution is 2.34. The summed E-state index contributed by atoms with van der Waals surface area (Å²) in [6.07, 6.45) is 0. The van der Waals surface area contributed by atoms with Crippen molar-refractivity contribution in [1.29, 1.82) is 0 Å². The molecule has 0 unspecified atom stereocenters. The molecule has 2 aromatic carbocycles. The SMILES string of the molecule is Clc1nc(-c2[nH]c3ccccc3c2Br)nc2ccccc12. The third-order valence-corrected chi connectivity index (χ3v) is 4.53. The van der Waals surface area contributed by atoms with Gasteiger partial charge < -0.3 is 4.98 Å². The third-order valence-electron chi connectivity index (χ3n) is 3.42. The van der Waals surface area contributed by atoms with Crippen LogP contribution in [0.15, 0.2) is 53.0 Å². The molecule has 0 fully saturated rings. The number of nitrogens with one attached hydrogen (secondary N) is 1. The normalized spacial score (nSPS) is 11.3. The van der Waals surface area contributed by atoms with Crippen molar-refractivity contribution in [3.8, 4) is 11.5 Å². The maximum Gasteiger partial charge on any atom is 0.179 e. The Balaban J connectivity index is 2.02. The Kier molecular flexibility index (Phi) is 2.94. The van der Waals surface area contributed by atoms with Crippen LogP contribution >= 0.6 is 27.5 Å². The highest BCUT2D eigenvalue weighted by atomic mass is 79.9.